The predicted octanol–water partition coefficient (Wildman–Crippen LogP) is 0.304. The van der Waals surface area contributed by atoms with Crippen LogP contribution in [0.15, 0.2) is 22.6 Å². The molecule has 0 saturated carbocycles. The van der Waals surface area contributed by atoms with Crippen molar-refractivity contribution >= 4 is 32.9 Å². The van der Waals surface area contributed by atoms with Crippen LogP contribution >= 0.6 is 0 Å². The molecule has 2 saturated heterocycles. The maximum absolute atomic E-state index is 11.8. The van der Waals surface area contributed by atoms with Crippen LogP contribution in [0.4, 0.5) is 6.01 Å². The lowest BCUT2D eigenvalue weighted by molar-refractivity contribution is 0.100. The highest BCUT2D eigenvalue weighted by Crippen LogP contribution is 2.44. The Kier molecular flexibility index (Phi) is 2.26. The second kappa shape index (κ2) is 3.76. The molecule has 0 aliphatic carbocycles. The summed E-state index contributed by atoms with van der Waals surface area (Å²) in [6, 6.07) is 5.30. The van der Waals surface area contributed by atoms with Crippen molar-refractivity contribution in [2.45, 2.75) is 11.2 Å². The number of para-hydroxylation sites is 1. The fourth-order valence-corrected chi connectivity index (χ4v) is 4.79. The molecule has 2 aromatic rings. The largest absolute Gasteiger partial charge is 0.423 e. The van der Waals surface area contributed by atoms with E-state index in [-0.39, 0.29) is 5.75 Å². The van der Waals surface area contributed by atoms with Crippen molar-refractivity contribution in [1.82, 2.24) is 4.98 Å². The molecule has 2 fully saturated rings. The van der Waals surface area contributed by atoms with E-state index in [1.54, 1.807) is 23.1 Å². The molecule has 2 aliphatic rings. The van der Waals surface area contributed by atoms with Crippen LogP contribution in [0.1, 0.15) is 16.8 Å². The van der Waals surface area contributed by atoms with Crippen molar-refractivity contribution < 1.29 is 17.6 Å². The van der Waals surface area contributed by atoms with Crippen LogP contribution in [0.2, 0.25) is 0 Å². The summed E-state index contributed by atoms with van der Waals surface area (Å²) in [5.74, 6) is -0.303. The van der Waals surface area contributed by atoms with Gasteiger partial charge in [-0.3, -0.25) is 4.79 Å². The van der Waals surface area contributed by atoms with Crippen molar-refractivity contribution in [3.8, 4) is 0 Å². The Bertz CT molecular complexity index is 865. The van der Waals surface area contributed by atoms with Crippen LogP contribution in [-0.2, 0) is 9.84 Å². The number of nitrogens with zero attached hydrogens (tertiary/aromatic N) is 2. The van der Waals surface area contributed by atoms with Gasteiger partial charge in [-0.15, -0.1) is 0 Å². The lowest BCUT2D eigenvalue weighted by Gasteiger charge is -2.53. The number of hydrogen-bond acceptors (Lipinski definition) is 6. The van der Waals surface area contributed by atoms with Crippen molar-refractivity contribution in [2.75, 3.05) is 23.7 Å². The smallest absolute Gasteiger partial charge is 0.298 e. The molecule has 1 amide bonds. The second-order valence-electron chi connectivity index (χ2n) is 5.62. The highest BCUT2D eigenvalue weighted by Gasteiger charge is 2.60. The van der Waals surface area contributed by atoms with Crippen molar-refractivity contribution in [3.63, 3.8) is 0 Å². The minimum atomic E-state index is -2.96. The number of hydrogen-bond donors (Lipinski definition) is 1. The molecule has 0 radical (unpaired) electrons. The predicted molar refractivity (Wildman–Crippen MR) is 75.9 cm³/mol. The minimum Gasteiger partial charge on any atom is -0.423 e. The molecule has 110 valence electrons. The van der Waals surface area contributed by atoms with E-state index < -0.39 is 20.5 Å². The maximum atomic E-state index is 11.8. The number of rotatable bonds is 2. The van der Waals surface area contributed by atoms with Gasteiger partial charge < -0.3 is 15.1 Å². The molecule has 7 nitrogen and oxygen atoms in total. The molecule has 0 bridgehead atoms. The van der Waals surface area contributed by atoms with E-state index in [4.69, 9.17) is 10.2 Å². The standard InChI is InChI=1S/C13H13N3O4S/c14-11(17)8-2-1-3-9-10(8)15-12(20-9)16-6-13(7-16)4-5-21(13,18)19/h1-3H,4-7H2,(H2,14,17). The van der Waals surface area contributed by atoms with Gasteiger partial charge in [0.05, 0.1) is 11.3 Å². The van der Waals surface area contributed by atoms with Crippen LogP contribution < -0.4 is 10.6 Å². The number of primary amides is 1. The lowest BCUT2D eigenvalue weighted by Crippen LogP contribution is -2.72. The first-order valence-electron chi connectivity index (χ1n) is 6.59. The summed E-state index contributed by atoms with van der Waals surface area (Å²) in [5, 5.41) is 0. The number of carbonyl (C=O) groups is 1. The number of anilines is 1. The van der Waals surface area contributed by atoms with Crippen molar-refractivity contribution in [1.29, 1.82) is 0 Å². The molecule has 3 heterocycles. The molecular formula is C13H13N3O4S. The van der Waals surface area contributed by atoms with Gasteiger partial charge in [-0.25, -0.2) is 8.42 Å². The maximum Gasteiger partial charge on any atom is 0.298 e. The fraction of sp³-hybridized carbons (Fsp3) is 0.385. The summed E-state index contributed by atoms with van der Waals surface area (Å²) >= 11 is 0. The van der Waals surface area contributed by atoms with Crippen LogP contribution in [0.3, 0.4) is 0 Å². The van der Waals surface area contributed by atoms with Gasteiger partial charge in [0.15, 0.2) is 15.4 Å². The Morgan fingerprint density at radius 2 is 2.14 bits per heavy atom. The molecule has 0 unspecified atom stereocenters. The number of carbonyl (C=O) groups excluding carboxylic acids is 1. The normalized spacial score (nSPS) is 22.0. The Morgan fingerprint density at radius 3 is 2.71 bits per heavy atom. The number of sulfone groups is 1. The number of benzene rings is 1. The summed E-state index contributed by atoms with van der Waals surface area (Å²) in [4.78, 5) is 17.4. The van der Waals surface area contributed by atoms with Gasteiger partial charge in [-0.05, 0) is 18.6 Å². The Labute approximate surface area is 120 Å². The Balaban J connectivity index is 1.68. The molecule has 1 aromatic carbocycles. The molecule has 2 aliphatic heterocycles. The summed E-state index contributed by atoms with van der Waals surface area (Å²) in [7, 11) is -2.96. The van der Waals surface area contributed by atoms with Gasteiger partial charge in [-0.2, -0.15) is 4.98 Å². The third kappa shape index (κ3) is 1.56. The quantitative estimate of drug-likeness (QED) is 0.855. The second-order valence-corrected chi connectivity index (χ2v) is 8.12. The topological polar surface area (TPSA) is 107 Å². The Morgan fingerprint density at radius 1 is 1.38 bits per heavy atom. The SMILES string of the molecule is NC(=O)c1cccc2oc(N3CC4(CCS4(=O)=O)C3)nc12. The van der Waals surface area contributed by atoms with Crippen molar-refractivity contribution in [2.24, 2.45) is 5.73 Å². The number of oxazole rings is 1. The summed E-state index contributed by atoms with van der Waals surface area (Å²) in [6.07, 6.45) is 0.693. The first-order chi connectivity index (χ1) is 9.92. The third-order valence-electron chi connectivity index (χ3n) is 4.39. The molecule has 0 atom stereocenters. The summed E-state index contributed by atoms with van der Waals surface area (Å²) in [6.45, 7) is 0.794. The average Bonchev–Trinajstić information content (AvgIpc) is 2.78. The molecule has 4 rings (SSSR count). The first-order valence-corrected chi connectivity index (χ1v) is 8.24. The molecule has 1 aromatic heterocycles. The van der Waals surface area contributed by atoms with Gasteiger partial charge in [0.25, 0.3) is 11.9 Å². The van der Waals surface area contributed by atoms with E-state index in [9.17, 15) is 13.2 Å². The van der Waals surface area contributed by atoms with Crippen LogP contribution in [0.5, 0.6) is 0 Å². The van der Waals surface area contributed by atoms with Gasteiger partial charge in [0.1, 0.15) is 10.3 Å². The highest BCUT2D eigenvalue weighted by molar-refractivity contribution is 7.94. The van der Waals surface area contributed by atoms with E-state index in [1.165, 1.54) is 0 Å². The fourth-order valence-electron chi connectivity index (χ4n) is 2.97. The van der Waals surface area contributed by atoms with Gasteiger partial charge in [0.2, 0.25) is 0 Å². The van der Waals surface area contributed by atoms with Gasteiger partial charge in [-0.1, -0.05) is 6.07 Å². The molecule has 1 spiro atoms. The van der Waals surface area contributed by atoms with Crippen LogP contribution in [0, 0.1) is 0 Å². The van der Waals surface area contributed by atoms with E-state index in [0.29, 0.717) is 42.2 Å². The molecule has 8 heteroatoms. The average molecular weight is 307 g/mol. The highest BCUT2D eigenvalue weighted by atomic mass is 32.2. The monoisotopic (exact) mass is 307 g/mol. The van der Waals surface area contributed by atoms with Gasteiger partial charge >= 0.3 is 0 Å². The van der Waals surface area contributed by atoms with Crippen LogP contribution in [-0.4, -0.2) is 42.9 Å². The van der Waals surface area contributed by atoms with Gasteiger partial charge in [0, 0.05) is 13.1 Å². The first kappa shape index (κ1) is 12.6. The number of nitrogens with two attached hydrogens (primary N) is 1. The lowest BCUT2D eigenvalue weighted by atomic mass is 9.95. The number of aromatic nitrogens is 1. The molecular weight excluding hydrogens is 294 g/mol. The van der Waals surface area contributed by atoms with E-state index in [1.807, 2.05) is 0 Å². The summed E-state index contributed by atoms with van der Waals surface area (Å²) < 4.78 is 28.5. The molecule has 21 heavy (non-hydrogen) atoms. The Hall–Kier alpha value is -2.09. The van der Waals surface area contributed by atoms with Crippen molar-refractivity contribution in [3.05, 3.63) is 23.8 Å². The number of amides is 1. The zero-order chi connectivity index (χ0) is 14.8. The van der Waals surface area contributed by atoms with E-state index in [0.717, 1.165) is 0 Å². The van der Waals surface area contributed by atoms with E-state index >= 15 is 0 Å². The van der Waals surface area contributed by atoms with E-state index in [2.05, 4.69) is 4.98 Å². The number of fused-ring (bicyclic) bond motifs is 1. The zero-order valence-corrected chi connectivity index (χ0v) is 11.9. The minimum absolute atomic E-state index is 0.264. The zero-order valence-electron chi connectivity index (χ0n) is 11.1. The van der Waals surface area contributed by atoms with Crippen LogP contribution in [0.25, 0.3) is 11.1 Å². The molecule has 2 N–H and O–H groups in total. The third-order valence-corrected chi connectivity index (χ3v) is 6.91. The summed E-state index contributed by atoms with van der Waals surface area (Å²) in [5.41, 5.74) is 6.49.